The summed E-state index contributed by atoms with van der Waals surface area (Å²) in [7, 11) is 1.92. The van der Waals surface area contributed by atoms with Crippen molar-refractivity contribution in [2.24, 2.45) is 5.41 Å². The maximum Gasteiger partial charge on any atom is 0.170 e. The number of benzene rings is 1. The van der Waals surface area contributed by atoms with Crippen LogP contribution in [0.25, 0.3) is 5.69 Å². The summed E-state index contributed by atoms with van der Waals surface area (Å²) in [6, 6.07) is 6.08. The fourth-order valence-electron chi connectivity index (χ4n) is 2.72. The molecule has 0 radical (unpaired) electrons. The Kier molecular flexibility index (Phi) is 5.46. The van der Waals surface area contributed by atoms with Crippen molar-refractivity contribution < 1.29 is 10.2 Å². The quantitative estimate of drug-likeness (QED) is 0.781. The van der Waals surface area contributed by atoms with Crippen molar-refractivity contribution in [3.63, 3.8) is 0 Å². The van der Waals surface area contributed by atoms with Gasteiger partial charge in [-0.15, -0.1) is 5.10 Å². The molecule has 0 atom stereocenters. The molecule has 2 rings (SSSR count). The van der Waals surface area contributed by atoms with Crippen LogP contribution in [0, 0.1) is 19.3 Å². The van der Waals surface area contributed by atoms with Crippen LogP contribution in [0.4, 0.5) is 0 Å². The van der Waals surface area contributed by atoms with Gasteiger partial charge in [0.1, 0.15) is 0 Å². The number of hydrogen-bond acceptors (Lipinski definition) is 6. The molecular formula is C16H25N5O2. The fraction of sp³-hybridized carbons (Fsp3) is 0.562. The maximum absolute atomic E-state index is 9.43. The molecule has 126 valence electrons. The summed E-state index contributed by atoms with van der Waals surface area (Å²) in [5.74, 6) is 0.725. The van der Waals surface area contributed by atoms with Crippen molar-refractivity contribution in [1.82, 2.24) is 25.1 Å². The second-order valence-electron chi connectivity index (χ2n) is 6.55. The number of aromatic nitrogens is 4. The van der Waals surface area contributed by atoms with E-state index in [1.54, 1.807) is 4.68 Å². The smallest absolute Gasteiger partial charge is 0.170 e. The molecule has 0 aliphatic carbocycles. The van der Waals surface area contributed by atoms with Gasteiger partial charge in [-0.1, -0.05) is 25.1 Å². The third-order valence-electron chi connectivity index (χ3n) is 4.01. The molecular weight excluding hydrogens is 294 g/mol. The fourth-order valence-corrected chi connectivity index (χ4v) is 2.72. The summed E-state index contributed by atoms with van der Waals surface area (Å²) in [5.41, 5.74) is 2.66. The van der Waals surface area contributed by atoms with E-state index in [9.17, 15) is 10.2 Å². The number of aliphatic hydroxyl groups is 2. The van der Waals surface area contributed by atoms with E-state index in [1.807, 2.05) is 50.9 Å². The number of aryl methyl sites for hydroxylation is 2. The molecule has 0 saturated carbocycles. The molecule has 7 nitrogen and oxygen atoms in total. The number of hydrogen-bond donors (Lipinski definition) is 2. The van der Waals surface area contributed by atoms with Gasteiger partial charge in [-0.25, -0.2) is 0 Å². The Morgan fingerprint density at radius 2 is 1.78 bits per heavy atom. The average molecular weight is 319 g/mol. The van der Waals surface area contributed by atoms with Crippen molar-refractivity contribution >= 4 is 0 Å². The van der Waals surface area contributed by atoms with E-state index in [4.69, 9.17) is 0 Å². The zero-order valence-corrected chi connectivity index (χ0v) is 14.2. The molecule has 0 unspecified atom stereocenters. The molecule has 23 heavy (non-hydrogen) atoms. The lowest BCUT2D eigenvalue weighted by molar-refractivity contribution is 0.0394. The molecule has 1 aromatic carbocycles. The zero-order chi connectivity index (χ0) is 17.0. The summed E-state index contributed by atoms with van der Waals surface area (Å²) in [4.78, 5) is 2.00. The van der Waals surface area contributed by atoms with E-state index in [2.05, 4.69) is 15.5 Å². The van der Waals surface area contributed by atoms with Crippen molar-refractivity contribution in [2.75, 3.05) is 26.8 Å². The maximum atomic E-state index is 9.43. The summed E-state index contributed by atoms with van der Waals surface area (Å²) in [6.45, 7) is 6.83. The Morgan fingerprint density at radius 1 is 1.17 bits per heavy atom. The van der Waals surface area contributed by atoms with E-state index in [-0.39, 0.29) is 13.2 Å². The van der Waals surface area contributed by atoms with Gasteiger partial charge < -0.3 is 10.2 Å². The number of para-hydroxylation sites is 1. The molecule has 0 aliphatic heterocycles. The third kappa shape index (κ3) is 3.93. The molecule has 0 saturated heterocycles. The molecule has 2 N–H and O–H groups in total. The first-order chi connectivity index (χ1) is 10.9. The van der Waals surface area contributed by atoms with Gasteiger partial charge in [0.25, 0.3) is 0 Å². The Hall–Kier alpha value is -1.83. The number of nitrogens with zero attached hydrogens (tertiary/aromatic N) is 5. The van der Waals surface area contributed by atoms with Crippen LogP contribution in [0.5, 0.6) is 0 Å². The predicted molar refractivity (Wildman–Crippen MR) is 87.2 cm³/mol. The number of rotatable bonds is 7. The van der Waals surface area contributed by atoms with E-state index >= 15 is 0 Å². The highest BCUT2D eigenvalue weighted by atomic mass is 16.3. The van der Waals surface area contributed by atoms with Gasteiger partial charge >= 0.3 is 0 Å². The number of tetrazole rings is 1. The summed E-state index contributed by atoms with van der Waals surface area (Å²) in [6.07, 6.45) is 0. The van der Waals surface area contributed by atoms with Crippen molar-refractivity contribution in [3.8, 4) is 5.69 Å². The van der Waals surface area contributed by atoms with Crippen molar-refractivity contribution in [3.05, 3.63) is 35.2 Å². The Balaban J connectivity index is 2.22. The van der Waals surface area contributed by atoms with Crippen LogP contribution in [-0.2, 0) is 6.54 Å². The molecule has 0 fully saturated rings. The standard InChI is InChI=1S/C16H25N5O2/c1-12-6-5-7-13(2)15(12)21-14(17-18-19-21)8-20(4)9-16(3,10-22)11-23/h5-7,22-23H,8-11H2,1-4H3. The zero-order valence-electron chi connectivity index (χ0n) is 14.2. The third-order valence-corrected chi connectivity index (χ3v) is 4.01. The van der Waals surface area contributed by atoms with E-state index < -0.39 is 5.41 Å². The Morgan fingerprint density at radius 3 is 2.35 bits per heavy atom. The Bertz CT molecular complexity index is 631. The highest BCUT2D eigenvalue weighted by Gasteiger charge is 2.25. The first-order valence-electron chi connectivity index (χ1n) is 7.64. The van der Waals surface area contributed by atoms with Crippen LogP contribution >= 0.6 is 0 Å². The summed E-state index contributed by atoms with van der Waals surface area (Å²) < 4.78 is 1.76. The first-order valence-corrected chi connectivity index (χ1v) is 7.64. The predicted octanol–water partition coefficient (Wildman–Crippen LogP) is 0.702. The van der Waals surface area contributed by atoms with Crippen molar-refractivity contribution in [2.45, 2.75) is 27.3 Å². The molecule has 7 heteroatoms. The lowest BCUT2D eigenvalue weighted by atomic mass is 9.92. The molecule has 0 spiro atoms. The average Bonchev–Trinajstić information content (AvgIpc) is 2.94. The summed E-state index contributed by atoms with van der Waals surface area (Å²) >= 11 is 0. The van der Waals surface area contributed by atoms with E-state index in [0.717, 1.165) is 22.6 Å². The highest BCUT2D eigenvalue weighted by molar-refractivity contribution is 5.46. The van der Waals surface area contributed by atoms with Gasteiger partial charge in [-0.2, -0.15) is 4.68 Å². The minimum absolute atomic E-state index is 0.0737. The SMILES string of the molecule is Cc1cccc(C)c1-n1nnnc1CN(C)CC(C)(CO)CO. The van der Waals surface area contributed by atoms with Crippen LogP contribution in [0.2, 0.25) is 0 Å². The van der Waals surface area contributed by atoms with Crippen LogP contribution < -0.4 is 0 Å². The lowest BCUT2D eigenvalue weighted by Gasteiger charge is -2.30. The lowest BCUT2D eigenvalue weighted by Crippen LogP contribution is -2.39. The molecule has 2 aromatic rings. The molecule has 1 heterocycles. The van der Waals surface area contributed by atoms with Gasteiger partial charge in [0, 0.05) is 12.0 Å². The second-order valence-corrected chi connectivity index (χ2v) is 6.55. The van der Waals surface area contributed by atoms with Crippen molar-refractivity contribution in [1.29, 1.82) is 0 Å². The van der Waals surface area contributed by atoms with Gasteiger partial charge in [-0.05, 0) is 42.4 Å². The van der Waals surface area contributed by atoms with Gasteiger partial charge in [0.05, 0.1) is 25.4 Å². The number of aliphatic hydroxyl groups excluding tert-OH is 2. The van der Waals surface area contributed by atoms with Gasteiger partial charge in [0.2, 0.25) is 0 Å². The first kappa shape index (κ1) is 17.5. The van der Waals surface area contributed by atoms with Crippen LogP contribution in [0.1, 0.15) is 23.9 Å². The highest BCUT2D eigenvalue weighted by Crippen LogP contribution is 2.20. The van der Waals surface area contributed by atoms with Crippen LogP contribution in [0.15, 0.2) is 18.2 Å². The summed E-state index contributed by atoms with van der Waals surface area (Å²) in [5, 5.41) is 30.9. The molecule has 1 aromatic heterocycles. The largest absolute Gasteiger partial charge is 0.396 e. The van der Waals surface area contributed by atoms with E-state index in [1.165, 1.54) is 0 Å². The van der Waals surface area contributed by atoms with E-state index in [0.29, 0.717) is 13.1 Å². The topological polar surface area (TPSA) is 87.3 Å². The van der Waals surface area contributed by atoms with Crippen LogP contribution in [0.3, 0.4) is 0 Å². The normalized spacial score (nSPS) is 12.1. The van der Waals surface area contributed by atoms with Gasteiger partial charge in [0.15, 0.2) is 5.82 Å². The second kappa shape index (κ2) is 7.16. The molecule has 0 amide bonds. The molecule has 0 bridgehead atoms. The Labute approximate surface area is 136 Å². The monoisotopic (exact) mass is 319 g/mol. The molecule has 0 aliphatic rings. The van der Waals surface area contributed by atoms with Gasteiger partial charge in [-0.3, -0.25) is 4.90 Å². The van der Waals surface area contributed by atoms with Crippen LogP contribution in [-0.4, -0.2) is 62.1 Å². The minimum atomic E-state index is -0.550. The minimum Gasteiger partial charge on any atom is -0.396 e.